The minimum atomic E-state index is -3.52. The lowest BCUT2D eigenvalue weighted by molar-refractivity contribution is 0.354. The molecule has 0 radical (unpaired) electrons. The molecule has 0 saturated carbocycles. The summed E-state index contributed by atoms with van der Waals surface area (Å²) in [4.78, 5) is 0.158. The number of rotatable bonds is 7. The number of allylic oxidation sites excluding steroid dienone is 1. The van der Waals surface area contributed by atoms with Gasteiger partial charge in [0.05, 0.1) is 19.1 Å². The van der Waals surface area contributed by atoms with Crippen LogP contribution in [-0.4, -0.2) is 29.2 Å². The topological polar surface area (TPSA) is 64.6 Å². The summed E-state index contributed by atoms with van der Waals surface area (Å²) < 4.78 is 36.7. The van der Waals surface area contributed by atoms with Crippen LogP contribution in [0.25, 0.3) is 0 Å². The molecule has 0 atom stereocenters. The molecular weight excluding hydrogens is 266 g/mol. The summed E-state index contributed by atoms with van der Waals surface area (Å²) in [6.07, 6.45) is 4.44. The van der Waals surface area contributed by atoms with Crippen molar-refractivity contribution in [1.82, 2.24) is 4.72 Å². The van der Waals surface area contributed by atoms with Crippen molar-refractivity contribution in [1.29, 1.82) is 0 Å². The maximum Gasteiger partial charge on any atom is 0.240 e. The molecule has 106 valence electrons. The minimum Gasteiger partial charge on any atom is -0.493 e. The highest BCUT2D eigenvalue weighted by molar-refractivity contribution is 7.89. The van der Waals surface area contributed by atoms with Crippen LogP contribution in [0.3, 0.4) is 0 Å². The molecule has 0 heterocycles. The van der Waals surface area contributed by atoms with Crippen molar-refractivity contribution < 1.29 is 17.9 Å². The number of sulfonamides is 1. The van der Waals surface area contributed by atoms with E-state index >= 15 is 0 Å². The highest BCUT2D eigenvalue weighted by atomic mass is 32.2. The van der Waals surface area contributed by atoms with Crippen molar-refractivity contribution in [2.45, 2.75) is 18.2 Å². The van der Waals surface area contributed by atoms with E-state index in [0.717, 1.165) is 0 Å². The average Bonchev–Trinajstić information content (AvgIpc) is 2.42. The van der Waals surface area contributed by atoms with Crippen LogP contribution in [0, 0.1) is 0 Å². The Morgan fingerprint density at radius 2 is 1.89 bits per heavy atom. The number of ether oxygens (including phenoxy) is 2. The molecule has 0 aliphatic heterocycles. The molecule has 0 bridgehead atoms. The Hall–Kier alpha value is -1.53. The van der Waals surface area contributed by atoms with Crippen molar-refractivity contribution in [3.8, 4) is 11.5 Å². The lowest BCUT2D eigenvalue weighted by Crippen LogP contribution is -2.24. The maximum absolute atomic E-state index is 12.0. The number of hydrogen-bond donors (Lipinski definition) is 1. The molecule has 6 heteroatoms. The van der Waals surface area contributed by atoms with Gasteiger partial charge in [0.2, 0.25) is 10.0 Å². The van der Waals surface area contributed by atoms with Gasteiger partial charge >= 0.3 is 0 Å². The van der Waals surface area contributed by atoms with Crippen LogP contribution in [0.15, 0.2) is 35.2 Å². The molecule has 1 rings (SSSR count). The summed E-state index contributed by atoms with van der Waals surface area (Å²) in [5, 5.41) is 0. The number of methoxy groups -OCH3 is 2. The smallest absolute Gasteiger partial charge is 0.240 e. The van der Waals surface area contributed by atoms with Gasteiger partial charge in [-0.25, -0.2) is 13.1 Å². The van der Waals surface area contributed by atoms with Crippen molar-refractivity contribution in [3.63, 3.8) is 0 Å². The van der Waals surface area contributed by atoms with Gasteiger partial charge in [-0.3, -0.25) is 0 Å². The molecule has 0 aliphatic carbocycles. The molecular formula is C13H19NO4S. The maximum atomic E-state index is 12.0. The monoisotopic (exact) mass is 285 g/mol. The standard InChI is InChI=1S/C13H19NO4S/c1-4-5-6-9-14-19(15,16)11-7-8-12(17-2)13(10-11)18-3/h4-5,7-8,10,14H,6,9H2,1-3H3/b5-4+. The third kappa shape index (κ3) is 4.25. The Morgan fingerprint density at radius 3 is 2.47 bits per heavy atom. The van der Waals surface area contributed by atoms with Crippen LogP contribution in [0.4, 0.5) is 0 Å². The van der Waals surface area contributed by atoms with Gasteiger partial charge in [0.1, 0.15) is 0 Å². The van der Waals surface area contributed by atoms with E-state index in [4.69, 9.17) is 9.47 Å². The van der Waals surface area contributed by atoms with E-state index < -0.39 is 10.0 Å². The molecule has 0 aromatic heterocycles. The predicted octanol–water partition coefficient (Wildman–Crippen LogP) is 1.95. The zero-order chi connectivity index (χ0) is 14.3. The summed E-state index contributed by atoms with van der Waals surface area (Å²) in [6, 6.07) is 4.50. The first kappa shape index (κ1) is 15.5. The van der Waals surface area contributed by atoms with Crippen LogP contribution in [0.2, 0.25) is 0 Å². The highest BCUT2D eigenvalue weighted by Gasteiger charge is 2.16. The van der Waals surface area contributed by atoms with E-state index in [1.54, 1.807) is 6.07 Å². The van der Waals surface area contributed by atoms with Gasteiger partial charge in [-0.2, -0.15) is 0 Å². The Kier molecular flexibility index (Phi) is 5.85. The molecule has 1 aromatic rings. The van der Waals surface area contributed by atoms with Crippen LogP contribution in [-0.2, 0) is 10.0 Å². The average molecular weight is 285 g/mol. The number of hydrogen-bond acceptors (Lipinski definition) is 4. The molecule has 0 saturated heterocycles. The Morgan fingerprint density at radius 1 is 1.21 bits per heavy atom. The third-order valence-corrected chi connectivity index (χ3v) is 3.96. The van der Waals surface area contributed by atoms with Crippen molar-refractivity contribution in [3.05, 3.63) is 30.4 Å². The zero-order valence-electron chi connectivity index (χ0n) is 11.3. The van der Waals surface area contributed by atoms with Gasteiger partial charge in [-0.1, -0.05) is 12.2 Å². The van der Waals surface area contributed by atoms with Crippen LogP contribution in [0.1, 0.15) is 13.3 Å². The quantitative estimate of drug-likeness (QED) is 0.614. The molecule has 19 heavy (non-hydrogen) atoms. The summed E-state index contributed by atoms with van der Waals surface area (Å²) in [7, 11) is -0.550. The normalized spacial score (nSPS) is 11.7. The first-order valence-corrected chi connectivity index (χ1v) is 7.36. The molecule has 0 spiro atoms. The van der Waals surface area contributed by atoms with Gasteiger partial charge in [0, 0.05) is 12.6 Å². The van der Waals surface area contributed by atoms with Gasteiger partial charge in [0.15, 0.2) is 11.5 Å². The van der Waals surface area contributed by atoms with Gasteiger partial charge in [-0.05, 0) is 25.5 Å². The largest absolute Gasteiger partial charge is 0.493 e. The first-order valence-electron chi connectivity index (χ1n) is 5.88. The molecule has 5 nitrogen and oxygen atoms in total. The second-order valence-electron chi connectivity index (χ2n) is 3.77. The summed E-state index contributed by atoms with van der Waals surface area (Å²) in [5.41, 5.74) is 0. The fourth-order valence-corrected chi connectivity index (χ4v) is 2.57. The number of benzene rings is 1. The Bertz CT molecular complexity index is 538. The minimum absolute atomic E-state index is 0.158. The van der Waals surface area contributed by atoms with E-state index in [1.165, 1.54) is 26.4 Å². The van der Waals surface area contributed by atoms with E-state index in [2.05, 4.69) is 4.72 Å². The SMILES string of the molecule is C/C=C/CCNS(=O)(=O)c1ccc(OC)c(OC)c1. The van der Waals surface area contributed by atoms with E-state index in [9.17, 15) is 8.42 Å². The van der Waals surface area contributed by atoms with E-state index in [1.807, 2.05) is 19.1 Å². The lowest BCUT2D eigenvalue weighted by Gasteiger charge is -2.10. The molecule has 0 fully saturated rings. The first-order chi connectivity index (χ1) is 9.05. The molecule has 0 amide bonds. The van der Waals surface area contributed by atoms with Crippen molar-refractivity contribution in [2.24, 2.45) is 0 Å². The molecule has 1 aromatic carbocycles. The van der Waals surface area contributed by atoms with E-state index in [-0.39, 0.29) is 4.90 Å². The van der Waals surface area contributed by atoms with Gasteiger partial charge in [0.25, 0.3) is 0 Å². The predicted molar refractivity (Wildman–Crippen MR) is 74.2 cm³/mol. The van der Waals surface area contributed by atoms with Crippen molar-refractivity contribution >= 4 is 10.0 Å². The summed E-state index contributed by atoms with van der Waals surface area (Å²) in [6.45, 7) is 2.25. The third-order valence-electron chi connectivity index (χ3n) is 2.50. The molecule has 1 N–H and O–H groups in total. The second kappa shape index (κ2) is 7.16. The number of nitrogens with one attached hydrogen (secondary N) is 1. The Balaban J connectivity index is 2.89. The summed E-state index contributed by atoms with van der Waals surface area (Å²) in [5.74, 6) is 0.884. The van der Waals surface area contributed by atoms with Crippen LogP contribution in [0.5, 0.6) is 11.5 Å². The van der Waals surface area contributed by atoms with Crippen LogP contribution >= 0.6 is 0 Å². The lowest BCUT2D eigenvalue weighted by atomic mass is 10.3. The second-order valence-corrected chi connectivity index (χ2v) is 5.54. The fourth-order valence-electron chi connectivity index (χ4n) is 1.51. The van der Waals surface area contributed by atoms with Crippen LogP contribution < -0.4 is 14.2 Å². The van der Waals surface area contributed by atoms with E-state index in [0.29, 0.717) is 24.5 Å². The Labute approximate surface area is 114 Å². The van der Waals surface area contributed by atoms with Crippen molar-refractivity contribution in [2.75, 3.05) is 20.8 Å². The summed E-state index contributed by atoms with van der Waals surface area (Å²) >= 11 is 0. The van der Waals surface area contributed by atoms with Gasteiger partial charge in [-0.15, -0.1) is 0 Å². The fraction of sp³-hybridized carbons (Fsp3) is 0.385. The highest BCUT2D eigenvalue weighted by Crippen LogP contribution is 2.29. The van der Waals surface area contributed by atoms with Gasteiger partial charge < -0.3 is 9.47 Å². The molecule has 0 unspecified atom stereocenters. The zero-order valence-corrected chi connectivity index (χ0v) is 12.2. The molecule has 0 aliphatic rings.